The topological polar surface area (TPSA) is 15.3 Å². The molecule has 1 saturated heterocycles. The minimum atomic E-state index is 0.671. The molecular formula is C16H26N2. The van der Waals surface area contributed by atoms with Gasteiger partial charge in [0.1, 0.15) is 0 Å². The fourth-order valence-electron chi connectivity index (χ4n) is 3.07. The highest BCUT2D eigenvalue weighted by molar-refractivity contribution is 5.37. The monoisotopic (exact) mass is 246 g/mol. The maximum absolute atomic E-state index is 3.45. The van der Waals surface area contributed by atoms with Crippen LogP contribution < -0.4 is 5.32 Å². The smallest absolute Gasteiger partial charge is 0.0193 e. The molecule has 1 aromatic rings. The van der Waals surface area contributed by atoms with Crippen LogP contribution in [0.5, 0.6) is 0 Å². The zero-order chi connectivity index (χ0) is 13.1. The van der Waals surface area contributed by atoms with Crippen molar-refractivity contribution >= 4 is 0 Å². The number of aryl methyl sites for hydroxylation is 3. The second-order valence-corrected chi connectivity index (χ2v) is 5.72. The van der Waals surface area contributed by atoms with Gasteiger partial charge >= 0.3 is 0 Å². The third-order valence-electron chi connectivity index (χ3n) is 4.13. The van der Waals surface area contributed by atoms with E-state index in [9.17, 15) is 0 Å². The summed E-state index contributed by atoms with van der Waals surface area (Å²) in [6.45, 7) is 13.6. The van der Waals surface area contributed by atoms with Crippen LogP contribution in [0.3, 0.4) is 0 Å². The zero-order valence-corrected chi connectivity index (χ0v) is 12.2. The third kappa shape index (κ3) is 3.12. The van der Waals surface area contributed by atoms with Gasteiger partial charge in [0, 0.05) is 32.2 Å². The minimum Gasteiger partial charge on any atom is -0.314 e. The Kier molecular flexibility index (Phi) is 4.41. The number of rotatable bonds is 3. The predicted molar refractivity (Wildman–Crippen MR) is 78.3 cm³/mol. The van der Waals surface area contributed by atoms with E-state index in [1.807, 2.05) is 0 Å². The van der Waals surface area contributed by atoms with Crippen molar-refractivity contribution in [3.8, 4) is 0 Å². The fraction of sp³-hybridized carbons (Fsp3) is 0.625. The molecule has 0 radical (unpaired) electrons. The van der Waals surface area contributed by atoms with Crippen LogP contribution in [-0.2, 0) is 6.42 Å². The summed E-state index contributed by atoms with van der Waals surface area (Å²) in [6.07, 6.45) is 1.18. The second kappa shape index (κ2) is 5.85. The van der Waals surface area contributed by atoms with Crippen LogP contribution in [0.1, 0.15) is 29.2 Å². The van der Waals surface area contributed by atoms with Crippen LogP contribution in [0.25, 0.3) is 0 Å². The lowest BCUT2D eigenvalue weighted by atomic mass is 9.97. The molecule has 0 bridgehead atoms. The van der Waals surface area contributed by atoms with Gasteiger partial charge in [-0.15, -0.1) is 0 Å². The molecule has 0 amide bonds. The number of hydrogen-bond acceptors (Lipinski definition) is 2. The highest BCUT2D eigenvalue weighted by Gasteiger charge is 2.17. The van der Waals surface area contributed by atoms with Crippen molar-refractivity contribution in [1.29, 1.82) is 0 Å². The largest absolute Gasteiger partial charge is 0.314 e. The molecule has 0 saturated carbocycles. The molecule has 1 atom stereocenters. The number of hydrogen-bond donors (Lipinski definition) is 1. The first-order chi connectivity index (χ1) is 8.58. The van der Waals surface area contributed by atoms with Crippen molar-refractivity contribution in [2.45, 2.75) is 40.2 Å². The zero-order valence-electron chi connectivity index (χ0n) is 12.2. The first-order valence-electron chi connectivity index (χ1n) is 7.09. The summed E-state index contributed by atoms with van der Waals surface area (Å²) in [5.74, 6) is 0. The van der Waals surface area contributed by atoms with Gasteiger partial charge in [0.25, 0.3) is 0 Å². The van der Waals surface area contributed by atoms with E-state index >= 15 is 0 Å². The summed E-state index contributed by atoms with van der Waals surface area (Å²) in [4.78, 5) is 2.61. The Balaban J connectivity index is 2.01. The van der Waals surface area contributed by atoms with E-state index in [0.717, 1.165) is 13.1 Å². The van der Waals surface area contributed by atoms with Crippen LogP contribution >= 0.6 is 0 Å². The molecule has 1 unspecified atom stereocenters. The molecule has 18 heavy (non-hydrogen) atoms. The van der Waals surface area contributed by atoms with Gasteiger partial charge in [0.2, 0.25) is 0 Å². The van der Waals surface area contributed by atoms with Crippen molar-refractivity contribution in [3.05, 3.63) is 34.4 Å². The molecule has 1 fully saturated rings. The van der Waals surface area contributed by atoms with Gasteiger partial charge in [-0.25, -0.2) is 0 Å². The van der Waals surface area contributed by atoms with Gasteiger partial charge in [-0.1, -0.05) is 17.7 Å². The number of benzene rings is 1. The van der Waals surface area contributed by atoms with Crippen molar-refractivity contribution < 1.29 is 0 Å². The molecule has 2 heteroatoms. The molecule has 2 nitrogen and oxygen atoms in total. The third-order valence-corrected chi connectivity index (χ3v) is 4.13. The Labute approximate surface area is 111 Å². The Morgan fingerprint density at radius 3 is 2.50 bits per heavy atom. The van der Waals surface area contributed by atoms with Crippen molar-refractivity contribution in [2.24, 2.45) is 0 Å². The molecule has 0 spiro atoms. The molecule has 1 aliphatic rings. The van der Waals surface area contributed by atoms with E-state index in [4.69, 9.17) is 0 Å². The number of nitrogens with one attached hydrogen (secondary N) is 1. The van der Waals surface area contributed by atoms with E-state index in [2.05, 4.69) is 50.0 Å². The maximum atomic E-state index is 3.45. The Bertz CT molecular complexity index is 389. The van der Waals surface area contributed by atoms with Gasteiger partial charge in [-0.3, -0.25) is 4.90 Å². The normalized spacial score (nSPS) is 21.2. The second-order valence-electron chi connectivity index (χ2n) is 5.72. The molecule has 100 valence electrons. The minimum absolute atomic E-state index is 0.671. The van der Waals surface area contributed by atoms with Gasteiger partial charge in [0.15, 0.2) is 0 Å². The summed E-state index contributed by atoms with van der Waals surface area (Å²) in [7, 11) is 0. The van der Waals surface area contributed by atoms with Crippen LogP contribution in [-0.4, -0.2) is 37.1 Å². The molecule has 2 rings (SSSR count). The molecule has 1 aromatic carbocycles. The number of piperazine rings is 1. The van der Waals surface area contributed by atoms with Gasteiger partial charge in [-0.2, -0.15) is 0 Å². The van der Waals surface area contributed by atoms with Gasteiger partial charge in [0.05, 0.1) is 0 Å². The highest BCUT2D eigenvalue weighted by Crippen LogP contribution is 2.17. The Morgan fingerprint density at radius 2 is 1.89 bits per heavy atom. The van der Waals surface area contributed by atoms with Crippen LogP contribution in [0, 0.1) is 20.8 Å². The Morgan fingerprint density at radius 1 is 1.22 bits per heavy atom. The lowest BCUT2D eigenvalue weighted by Crippen LogP contribution is -2.50. The highest BCUT2D eigenvalue weighted by atomic mass is 15.2. The van der Waals surface area contributed by atoms with E-state index in [1.165, 1.54) is 36.2 Å². The van der Waals surface area contributed by atoms with E-state index in [0.29, 0.717) is 6.04 Å². The standard InChI is InChI=1S/C16H26N2/c1-12-9-13(2)16(14(3)10-12)5-7-18-8-6-17-11-15(18)4/h9-10,15,17H,5-8,11H2,1-4H3. The Hall–Kier alpha value is -0.860. The lowest BCUT2D eigenvalue weighted by Gasteiger charge is -2.34. The maximum Gasteiger partial charge on any atom is 0.0193 e. The van der Waals surface area contributed by atoms with E-state index in [-0.39, 0.29) is 0 Å². The first-order valence-corrected chi connectivity index (χ1v) is 7.09. The van der Waals surface area contributed by atoms with E-state index in [1.54, 1.807) is 5.56 Å². The van der Waals surface area contributed by atoms with Crippen molar-refractivity contribution in [1.82, 2.24) is 10.2 Å². The summed E-state index contributed by atoms with van der Waals surface area (Å²) >= 11 is 0. The first kappa shape index (κ1) is 13.6. The van der Waals surface area contributed by atoms with E-state index < -0.39 is 0 Å². The lowest BCUT2D eigenvalue weighted by molar-refractivity contribution is 0.176. The quantitative estimate of drug-likeness (QED) is 0.881. The predicted octanol–water partition coefficient (Wildman–Crippen LogP) is 2.45. The molecule has 1 N–H and O–H groups in total. The van der Waals surface area contributed by atoms with Crippen LogP contribution in [0.15, 0.2) is 12.1 Å². The molecule has 0 aromatic heterocycles. The van der Waals surface area contributed by atoms with Crippen molar-refractivity contribution in [2.75, 3.05) is 26.2 Å². The molecule has 1 aliphatic heterocycles. The fourth-order valence-corrected chi connectivity index (χ4v) is 3.07. The van der Waals surface area contributed by atoms with Crippen LogP contribution in [0.4, 0.5) is 0 Å². The summed E-state index contributed by atoms with van der Waals surface area (Å²) < 4.78 is 0. The average molecular weight is 246 g/mol. The molecule has 1 heterocycles. The van der Waals surface area contributed by atoms with Gasteiger partial charge in [-0.05, 0) is 50.8 Å². The van der Waals surface area contributed by atoms with Crippen LogP contribution in [0.2, 0.25) is 0 Å². The molecule has 0 aliphatic carbocycles. The van der Waals surface area contributed by atoms with Crippen molar-refractivity contribution in [3.63, 3.8) is 0 Å². The summed E-state index contributed by atoms with van der Waals surface area (Å²) in [5.41, 5.74) is 5.83. The molecular weight excluding hydrogens is 220 g/mol. The average Bonchev–Trinajstić information content (AvgIpc) is 2.30. The SMILES string of the molecule is Cc1cc(C)c(CCN2CCNCC2C)c(C)c1. The number of nitrogens with zero attached hydrogens (tertiary/aromatic N) is 1. The summed E-state index contributed by atoms with van der Waals surface area (Å²) in [5, 5.41) is 3.45. The summed E-state index contributed by atoms with van der Waals surface area (Å²) in [6, 6.07) is 5.29. The van der Waals surface area contributed by atoms with Gasteiger partial charge < -0.3 is 5.32 Å².